The van der Waals surface area contributed by atoms with Gasteiger partial charge in [0, 0.05) is 12.1 Å². The molecule has 0 amide bonds. The average molecular weight is 400 g/mol. The van der Waals surface area contributed by atoms with Crippen LogP contribution in [0.5, 0.6) is 0 Å². The summed E-state index contributed by atoms with van der Waals surface area (Å²) in [7, 11) is -3.65. The van der Waals surface area contributed by atoms with E-state index in [0.717, 1.165) is 16.7 Å². The fourth-order valence-corrected chi connectivity index (χ4v) is 4.31. The number of aryl methyl sites for hydroxylation is 1. The van der Waals surface area contributed by atoms with Crippen molar-refractivity contribution in [3.8, 4) is 11.4 Å². The van der Waals surface area contributed by atoms with Gasteiger partial charge in [-0.3, -0.25) is 0 Å². The summed E-state index contributed by atoms with van der Waals surface area (Å²) in [6, 6.07) is 14.8. The van der Waals surface area contributed by atoms with E-state index < -0.39 is 10.0 Å². The average Bonchev–Trinajstić information content (AvgIpc) is 3.15. The van der Waals surface area contributed by atoms with Crippen molar-refractivity contribution in [1.82, 2.24) is 14.4 Å². The maximum absolute atomic E-state index is 13.0. The molecule has 0 radical (unpaired) electrons. The zero-order chi connectivity index (χ0) is 20.3. The molecule has 0 saturated carbocycles. The molecule has 6 nitrogen and oxygen atoms in total. The predicted molar refractivity (Wildman–Crippen MR) is 108 cm³/mol. The highest BCUT2D eigenvalue weighted by atomic mass is 32.2. The minimum absolute atomic E-state index is 0.0313. The van der Waals surface area contributed by atoms with E-state index >= 15 is 0 Å². The summed E-state index contributed by atoms with van der Waals surface area (Å²) >= 11 is 0. The van der Waals surface area contributed by atoms with Crippen molar-refractivity contribution in [2.24, 2.45) is 0 Å². The highest BCUT2D eigenvalue weighted by Gasteiger charge is 2.25. The van der Waals surface area contributed by atoms with Gasteiger partial charge in [-0.2, -0.15) is 9.29 Å². The predicted octanol–water partition coefficient (Wildman–Crippen LogP) is 4.38. The maximum atomic E-state index is 13.0. The Balaban J connectivity index is 1.82. The van der Waals surface area contributed by atoms with E-state index in [-0.39, 0.29) is 17.3 Å². The lowest BCUT2D eigenvalue weighted by atomic mass is 10.0. The first-order valence-electron chi connectivity index (χ1n) is 9.31. The van der Waals surface area contributed by atoms with Crippen molar-refractivity contribution >= 4 is 10.0 Å². The Kier molecular flexibility index (Phi) is 5.96. The van der Waals surface area contributed by atoms with Gasteiger partial charge in [0.2, 0.25) is 21.7 Å². The molecule has 0 fully saturated rings. The van der Waals surface area contributed by atoms with Crippen molar-refractivity contribution in [2.45, 2.75) is 45.1 Å². The molecule has 7 heteroatoms. The highest BCUT2D eigenvalue weighted by molar-refractivity contribution is 7.89. The Hall–Kier alpha value is -2.51. The zero-order valence-electron chi connectivity index (χ0n) is 16.6. The van der Waals surface area contributed by atoms with Crippen LogP contribution >= 0.6 is 0 Å². The Morgan fingerprint density at radius 1 is 1.11 bits per heavy atom. The fraction of sp³-hybridized carbons (Fsp3) is 0.333. The maximum Gasteiger partial charge on any atom is 0.243 e. The second-order valence-corrected chi connectivity index (χ2v) is 8.97. The van der Waals surface area contributed by atoms with Gasteiger partial charge in [-0.15, -0.1) is 0 Å². The first kappa shape index (κ1) is 20.2. The van der Waals surface area contributed by atoms with Gasteiger partial charge in [-0.1, -0.05) is 61.8 Å². The molecule has 2 aromatic carbocycles. The van der Waals surface area contributed by atoms with Crippen molar-refractivity contribution in [1.29, 1.82) is 0 Å². The molecule has 0 spiro atoms. The summed E-state index contributed by atoms with van der Waals surface area (Å²) in [5.74, 6) is 1.06. The van der Waals surface area contributed by atoms with Crippen LogP contribution in [0.3, 0.4) is 0 Å². The standard InChI is InChI=1S/C21H25N3O3S/c1-5-24(28(25,26)19-11-9-17(10-12-19)15(2)3)14-20-22-21(23-27-20)18-8-6-7-16(4)13-18/h6-13,15H,5,14H2,1-4H3. The molecule has 0 saturated heterocycles. The molecule has 0 bridgehead atoms. The quantitative estimate of drug-likeness (QED) is 0.589. The summed E-state index contributed by atoms with van der Waals surface area (Å²) in [4.78, 5) is 4.63. The number of rotatable bonds is 7. The molecule has 0 unspecified atom stereocenters. The first-order valence-corrected chi connectivity index (χ1v) is 10.7. The lowest BCUT2D eigenvalue weighted by Crippen LogP contribution is -2.30. The zero-order valence-corrected chi connectivity index (χ0v) is 17.4. The SMILES string of the molecule is CCN(Cc1nc(-c2cccc(C)c2)no1)S(=O)(=O)c1ccc(C(C)C)cc1. The van der Waals surface area contributed by atoms with E-state index in [1.165, 1.54) is 4.31 Å². The Morgan fingerprint density at radius 2 is 1.82 bits per heavy atom. The van der Waals surface area contributed by atoms with Gasteiger partial charge in [0.1, 0.15) is 0 Å². The fourth-order valence-electron chi connectivity index (χ4n) is 2.91. The topological polar surface area (TPSA) is 76.3 Å². The van der Waals surface area contributed by atoms with Crippen LogP contribution in [-0.4, -0.2) is 29.4 Å². The molecule has 28 heavy (non-hydrogen) atoms. The largest absolute Gasteiger partial charge is 0.338 e. The number of hydrogen-bond donors (Lipinski definition) is 0. The summed E-state index contributed by atoms with van der Waals surface area (Å²) in [5, 5.41) is 3.99. The molecule has 0 aliphatic heterocycles. The van der Waals surface area contributed by atoms with Crippen LogP contribution in [0.4, 0.5) is 0 Å². The third-order valence-electron chi connectivity index (χ3n) is 4.59. The second kappa shape index (κ2) is 8.24. The van der Waals surface area contributed by atoms with Crippen LogP contribution in [0.25, 0.3) is 11.4 Å². The van der Waals surface area contributed by atoms with E-state index in [1.54, 1.807) is 19.1 Å². The van der Waals surface area contributed by atoms with Crippen LogP contribution in [0, 0.1) is 6.92 Å². The van der Waals surface area contributed by atoms with Crippen LogP contribution in [0.1, 0.15) is 43.7 Å². The number of nitrogens with zero attached hydrogens (tertiary/aromatic N) is 3. The number of hydrogen-bond acceptors (Lipinski definition) is 5. The molecule has 0 aliphatic carbocycles. The monoisotopic (exact) mass is 399 g/mol. The van der Waals surface area contributed by atoms with Gasteiger partial charge in [0.15, 0.2) is 0 Å². The van der Waals surface area contributed by atoms with Crippen LogP contribution in [0.2, 0.25) is 0 Å². The number of sulfonamides is 1. The van der Waals surface area contributed by atoms with Crippen LogP contribution in [0.15, 0.2) is 57.9 Å². The smallest absolute Gasteiger partial charge is 0.243 e. The lowest BCUT2D eigenvalue weighted by Gasteiger charge is -2.19. The Labute approximate surface area is 166 Å². The molecule has 0 aliphatic rings. The van der Waals surface area contributed by atoms with Gasteiger partial charge in [-0.05, 0) is 36.6 Å². The summed E-state index contributed by atoms with van der Waals surface area (Å²) < 4.78 is 32.7. The highest BCUT2D eigenvalue weighted by Crippen LogP contribution is 2.22. The molecular weight excluding hydrogens is 374 g/mol. The number of aromatic nitrogens is 2. The molecule has 3 rings (SSSR count). The molecular formula is C21H25N3O3S. The Bertz CT molecular complexity index is 1040. The molecule has 0 atom stereocenters. The minimum atomic E-state index is -3.65. The summed E-state index contributed by atoms with van der Waals surface area (Å²) in [6.07, 6.45) is 0. The van der Waals surface area contributed by atoms with Crippen molar-refractivity contribution in [3.05, 3.63) is 65.5 Å². The van der Waals surface area contributed by atoms with E-state index in [0.29, 0.717) is 18.3 Å². The van der Waals surface area contributed by atoms with Crippen LogP contribution in [-0.2, 0) is 16.6 Å². The lowest BCUT2D eigenvalue weighted by molar-refractivity contribution is 0.321. The van der Waals surface area contributed by atoms with Gasteiger partial charge >= 0.3 is 0 Å². The van der Waals surface area contributed by atoms with Crippen molar-refractivity contribution in [2.75, 3.05) is 6.54 Å². The van der Waals surface area contributed by atoms with Crippen LogP contribution < -0.4 is 0 Å². The number of benzene rings is 2. The van der Waals surface area contributed by atoms with E-state index in [4.69, 9.17) is 4.52 Å². The molecule has 3 aromatic rings. The van der Waals surface area contributed by atoms with Crippen molar-refractivity contribution in [3.63, 3.8) is 0 Å². The molecule has 1 aromatic heterocycles. The third-order valence-corrected chi connectivity index (χ3v) is 6.53. The molecule has 1 heterocycles. The molecule has 0 N–H and O–H groups in total. The minimum Gasteiger partial charge on any atom is -0.338 e. The van der Waals surface area contributed by atoms with Gasteiger partial charge in [-0.25, -0.2) is 8.42 Å². The second-order valence-electron chi connectivity index (χ2n) is 7.04. The third kappa shape index (κ3) is 4.31. The first-order chi connectivity index (χ1) is 13.3. The van der Waals surface area contributed by atoms with E-state index in [2.05, 4.69) is 24.0 Å². The molecule has 148 valence electrons. The van der Waals surface area contributed by atoms with Gasteiger partial charge < -0.3 is 4.52 Å². The Morgan fingerprint density at radius 3 is 2.43 bits per heavy atom. The van der Waals surface area contributed by atoms with Gasteiger partial charge in [0.25, 0.3) is 0 Å². The van der Waals surface area contributed by atoms with Gasteiger partial charge in [0.05, 0.1) is 11.4 Å². The van der Waals surface area contributed by atoms with E-state index in [9.17, 15) is 8.42 Å². The van der Waals surface area contributed by atoms with Crippen molar-refractivity contribution < 1.29 is 12.9 Å². The summed E-state index contributed by atoms with van der Waals surface area (Å²) in [5.41, 5.74) is 3.03. The normalized spacial score (nSPS) is 12.1. The summed E-state index contributed by atoms with van der Waals surface area (Å²) in [6.45, 7) is 8.25. The van der Waals surface area contributed by atoms with E-state index in [1.807, 2.05) is 43.3 Å².